The van der Waals surface area contributed by atoms with Crippen LogP contribution in [0.2, 0.25) is 0 Å². The van der Waals surface area contributed by atoms with Crippen molar-refractivity contribution in [1.82, 2.24) is 15.0 Å². The molecule has 0 bridgehead atoms. The van der Waals surface area contributed by atoms with Crippen LogP contribution in [0.15, 0.2) is 140 Å². The fraction of sp³-hybridized carbons (Fsp3) is 0.0571. The van der Waals surface area contributed by atoms with Crippen molar-refractivity contribution in [2.45, 2.75) is 13.8 Å². The maximum atomic E-state index is 4.93. The van der Waals surface area contributed by atoms with Crippen LogP contribution in [0.25, 0.3) is 50.9 Å². The van der Waals surface area contributed by atoms with Gasteiger partial charge in [-0.15, -0.1) is 0 Å². The van der Waals surface area contributed by atoms with E-state index in [9.17, 15) is 0 Å². The van der Waals surface area contributed by atoms with Gasteiger partial charge in [0.1, 0.15) is 0 Å². The molecule has 0 aliphatic rings. The molecule has 4 aromatic carbocycles. The number of allylic oxidation sites excluding steroid dienone is 5. The molecule has 5 rings (SSSR count). The van der Waals surface area contributed by atoms with Gasteiger partial charge in [-0.25, -0.2) is 15.0 Å². The van der Waals surface area contributed by atoms with Gasteiger partial charge in [-0.2, -0.15) is 0 Å². The Labute approximate surface area is 224 Å². The average molecular weight is 492 g/mol. The SMILES string of the molecule is C=C(C)/C(=C\C=C/C)c1cccc(-c2nc(-c3ccccc3)nc(-c3ccc(-c4ccccc4)cc3)n2)c1. The lowest BCUT2D eigenvalue weighted by molar-refractivity contribution is 1.07. The monoisotopic (exact) mass is 491 g/mol. The average Bonchev–Trinajstić information content (AvgIpc) is 2.98. The van der Waals surface area contributed by atoms with Gasteiger partial charge in [-0.1, -0.05) is 134 Å². The van der Waals surface area contributed by atoms with E-state index in [0.717, 1.165) is 39.0 Å². The second-order valence-corrected chi connectivity index (χ2v) is 9.08. The third kappa shape index (κ3) is 5.58. The second kappa shape index (κ2) is 11.4. The third-order valence-electron chi connectivity index (χ3n) is 6.26. The summed E-state index contributed by atoms with van der Waals surface area (Å²) in [5.41, 5.74) is 8.30. The lowest BCUT2D eigenvalue weighted by atomic mass is 9.97. The first-order chi connectivity index (χ1) is 18.6. The Hall–Kier alpha value is -4.89. The van der Waals surface area contributed by atoms with Crippen molar-refractivity contribution < 1.29 is 0 Å². The Bertz CT molecular complexity index is 1610. The molecule has 0 aliphatic carbocycles. The van der Waals surface area contributed by atoms with E-state index in [1.165, 1.54) is 5.56 Å². The molecule has 0 radical (unpaired) electrons. The van der Waals surface area contributed by atoms with E-state index in [-0.39, 0.29) is 0 Å². The highest BCUT2D eigenvalue weighted by atomic mass is 15.0. The van der Waals surface area contributed by atoms with Crippen molar-refractivity contribution in [2.24, 2.45) is 0 Å². The van der Waals surface area contributed by atoms with Crippen LogP contribution in [-0.4, -0.2) is 15.0 Å². The first-order valence-corrected chi connectivity index (χ1v) is 12.7. The summed E-state index contributed by atoms with van der Waals surface area (Å²) in [7, 11) is 0. The number of nitrogens with zero attached hydrogens (tertiary/aromatic N) is 3. The molecule has 0 unspecified atom stereocenters. The molecule has 5 aromatic rings. The molecule has 3 heteroatoms. The minimum absolute atomic E-state index is 0.634. The van der Waals surface area contributed by atoms with Crippen LogP contribution in [0, 0.1) is 0 Å². The quantitative estimate of drug-likeness (QED) is 0.213. The Kier molecular flexibility index (Phi) is 7.47. The van der Waals surface area contributed by atoms with E-state index in [0.29, 0.717) is 17.5 Å². The fourth-order valence-electron chi connectivity index (χ4n) is 4.30. The minimum Gasteiger partial charge on any atom is -0.208 e. The zero-order chi connectivity index (χ0) is 26.3. The Balaban J connectivity index is 1.61. The Morgan fingerprint density at radius 2 is 1.05 bits per heavy atom. The van der Waals surface area contributed by atoms with Crippen LogP contribution in [0.4, 0.5) is 0 Å². The zero-order valence-electron chi connectivity index (χ0n) is 21.7. The van der Waals surface area contributed by atoms with Gasteiger partial charge in [0.25, 0.3) is 0 Å². The van der Waals surface area contributed by atoms with Gasteiger partial charge in [-0.05, 0) is 42.2 Å². The molecule has 0 aliphatic heterocycles. The number of hydrogen-bond acceptors (Lipinski definition) is 3. The maximum Gasteiger partial charge on any atom is 0.164 e. The van der Waals surface area contributed by atoms with Crippen LogP contribution in [0.5, 0.6) is 0 Å². The predicted molar refractivity (Wildman–Crippen MR) is 159 cm³/mol. The summed E-state index contributed by atoms with van der Waals surface area (Å²) in [6.07, 6.45) is 6.13. The standard InChI is InChI=1S/C35H29N3/c1-4-5-19-32(25(2)3)30-17-12-18-31(24-30)35-37-33(28-15-10-7-11-16-28)36-34(38-35)29-22-20-27(21-23-29)26-13-8-6-9-14-26/h4-24H,2H2,1,3H3/b5-4-,32-19+. The summed E-state index contributed by atoms with van der Waals surface area (Å²) in [4.78, 5) is 14.7. The molecule has 0 spiro atoms. The highest BCUT2D eigenvalue weighted by molar-refractivity contribution is 5.81. The summed E-state index contributed by atoms with van der Waals surface area (Å²) in [6, 6.07) is 37.1. The fourth-order valence-corrected chi connectivity index (χ4v) is 4.30. The predicted octanol–water partition coefficient (Wildman–Crippen LogP) is 9.08. The minimum atomic E-state index is 0.634. The van der Waals surface area contributed by atoms with Gasteiger partial charge in [0, 0.05) is 16.7 Å². The van der Waals surface area contributed by atoms with Crippen molar-refractivity contribution in [3.63, 3.8) is 0 Å². The van der Waals surface area contributed by atoms with Gasteiger partial charge in [-0.3, -0.25) is 0 Å². The van der Waals surface area contributed by atoms with E-state index >= 15 is 0 Å². The summed E-state index contributed by atoms with van der Waals surface area (Å²) in [5, 5.41) is 0. The number of benzene rings is 4. The second-order valence-electron chi connectivity index (χ2n) is 9.08. The maximum absolute atomic E-state index is 4.93. The van der Waals surface area contributed by atoms with E-state index in [1.807, 2.05) is 74.5 Å². The molecule has 1 heterocycles. The molecule has 0 saturated carbocycles. The van der Waals surface area contributed by atoms with Crippen molar-refractivity contribution in [1.29, 1.82) is 0 Å². The molecular weight excluding hydrogens is 462 g/mol. The molecular formula is C35H29N3. The smallest absolute Gasteiger partial charge is 0.164 e. The molecule has 184 valence electrons. The van der Waals surface area contributed by atoms with E-state index in [2.05, 4.69) is 73.3 Å². The summed E-state index contributed by atoms with van der Waals surface area (Å²) >= 11 is 0. The van der Waals surface area contributed by atoms with Crippen LogP contribution >= 0.6 is 0 Å². The van der Waals surface area contributed by atoms with Crippen molar-refractivity contribution in [3.05, 3.63) is 145 Å². The first-order valence-electron chi connectivity index (χ1n) is 12.7. The molecule has 0 saturated heterocycles. The largest absolute Gasteiger partial charge is 0.208 e. The number of rotatable bonds is 7. The highest BCUT2D eigenvalue weighted by Crippen LogP contribution is 2.29. The molecule has 0 atom stereocenters. The van der Waals surface area contributed by atoms with E-state index in [1.54, 1.807) is 0 Å². The lowest BCUT2D eigenvalue weighted by Gasteiger charge is -2.11. The van der Waals surface area contributed by atoms with Crippen molar-refractivity contribution >= 4 is 5.57 Å². The molecule has 38 heavy (non-hydrogen) atoms. The van der Waals surface area contributed by atoms with Crippen molar-refractivity contribution in [3.8, 4) is 45.3 Å². The molecule has 0 amide bonds. The normalized spacial score (nSPS) is 11.6. The van der Waals surface area contributed by atoms with Gasteiger partial charge in [0.15, 0.2) is 17.5 Å². The molecule has 1 aromatic heterocycles. The Morgan fingerprint density at radius 3 is 1.63 bits per heavy atom. The van der Waals surface area contributed by atoms with Crippen LogP contribution in [0.1, 0.15) is 19.4 Å². The molecule has 0 N–H and O–H groups in total. The topological polar surface area (TPSA) is 38.7 Å². The first kappa shape index (κ1) is 24.8. The summed E-state index contributed by atoms with van der Waals surface area (Å²) < 4.78 is 0. The van der Waals surface area contributed by atoms with Crippen LogP contribution in [0.3, 0.4) is 0 Å². The third-order valence-corrected chi connectivity index (χ3v) is 6.26. The number of aromatic nitrogens is 3. The van der Waals surface area contributed by atoms with Gasteiger partial charge in [0.2, 0.25) is 0 Å². The number of hydrogen-bond donors (Lipinski definition) is 0. The van der Waals surface area contributed by atoms with Gasteiger partial charge in [0.05, 0.1) is 0 Å². The lowest BCUT2D eigenvalue weighted by Crippen LogP contribution is -2.00. The van der Waals surface area contributed by atoms with Crippen molar-refractivity contribution in [2.75, 3.05) is 0 Å². The summed E-state index contributed by atoms with van der Waals surface area (Å²) in [5.74, 6) is 1.92. The van der Waals surface area contributed by atoms with Crippen LogP contribution in [-0.2, 0) is 0 Å². The molecule has 0 fully saturated rings. The van der Waals surface area contributed by atoms with Gasteiger partial charge >= 0.3 is 0 Å². The Morgan fingerprint density at radius 1 is 0.579 bits per heavy atom. The highest BCUT2D eigenvalue weighted by Gasteiger charge is 2.13. The zero-order valence-corrected chi connectivity index (χ0v) is 21.7. The van der Waals surface area contributed by atoms with E-state index < -0.39 is 0 Å². The van der Waals surface area contributed by atoms with Gasteiger partial charge < -0.3 is 0 Å². The summed E-state index contributed by atoms with van der Waals surface area (Å²) in [6.45, 7) is 8.21. The van der Waals surface area contributed by atoms with E-state index in [4.69, 9.17) is 15.0 Å². The van der Waals surface area contributed by atoms with Crippen LogP contribution < -0.4 is 0 Å². The molecule has 3 nitrogen and oxygen atoms in total.